The fourth-order valence-corrected chi connectivity index (χ4v) is 3.98. The lowest BCUT2D eigenvalue weighted by molar-refractivity contribution is 0.178. The van der Waals surface area contributed by atoms with Crippen LogP contribution >= 0.6 is 0 Å². The maximum atomic E-state index is 15.0. The zero-order chi connectivity index (χ0) is 23.1. The van der Waals surface area contributed by atoms with Crippen molar-refractivity contribution in [3.05, 3.63) is 53.8 Å². The number of hydrogen-bond acceptors (Lipinski definition) is 6. The van der Waals surface area contributed by atoms with E-state index in [1.165, 1.54) is 6.07 Å². The zero-order valence-electron chi connectivity index (χ0n) is 19.3. The molecule has 0 saturated carbocycles. The second kappa shape index (κ2) is 11.5. The lowest BCUT2D eigenvalue weighted by atomic mass is 10.1. The van der Waals surface area contributed by atoms with Crippen LogP contribution in [-0.4, -0.2) is 55.6 Å². The first-order valence-electron chi connectivity index (χ1n) is 11.5. The molecule has 176 valence electrons. The molecule has 3 N–H and O–H groups in total. The predicted molar refractivity (Wildman–Crippen MR) is 127 cm³/mol. The van der Waals surface area contributed by atoms with Crippen molar-refractivity contribution in [1.29, 1.82) is 0 Å². The molecule has 0 aromatic heterocycles. The normalized spacial score (nSPS) is 17.9. The summed E-state index contributed by atoms with van der Waals surface area (Å²) in [4.78, 5) is 3.67. The van der Waals surface area contributed by atoms with Crippen LogP contribution in [0.25, 0.3) is 0 Å². The Labute approximate surface area is 190 Å². The maximum absolute atomic E-state index is 15.0. The number of unbranched alkanes of at least 4 members (excludes halogenated alkanes) is 1. The molecule has 3 atom stereocenters. The number of anilines is 2. The smallest absolute Gasteiger partial charge is 0.153 e. The van der Waals surface area contributed by atoms with Crippen LogP contribution in [0.15, 0.2) is 42.5 Å². The van der Waals surface area contributed by atoms with Crippen molar-refractivity contribution in [3.63, 3.8) is 0 Å². The number of aliphatic hydroxyl groups excluding tert-OH is 2. The first-order valence-corrected chi connectivity index (χ1v) is 11.5. The molecule has 1 saturated heterocycles. The lowest BCUT2D eigenvalue weighted by Crippen LogP contribution is -2.40. The zero-order valence-corrected chi connectivity index (χ0v) is 19.3. The second-order valence-electron chi connectivity index (χ2n) is 8.57. The number of benzene rings is 2. The summed E-state index contributed by atoms with van der Waals surface area (Å²) in [5.74, 6) is 0.469. The molecule has 0 spiro atoms. The van der Waals surface area contributed by atoms with Crippen molar-refractivity contribution in [2.45, 2.75) is 51.4 Å². The van der Waals surface area contributed by atoms with Gasteiger partial charge in [0, 0.05) is 43.5 Å². The molecule has 0 radical (unpaired) electrons. The summed E-state index contributed by atoms with van der Waals surface area (Å²) in [6, 6.07) is 12.7. The topological polar surface area (TPSA) is 68.2 Å². The highest BCUT2D eigenvalue weighted by Crippen LogP contribution is 2.30. The molecule has 1 heterocycles. The quantitative estimate of drug-likeness (QED) is 0.362. The van der Waals surface area contributed by atoms with E-state index in [4.69, 9.17) is 4.74 Å². The van der Waals surface area contributed by atoms with Gasteiger partial charge in [0.25, 0.3) is 0 Å². The van der Waals surface area contributed by atoms with Gasteiger partial charge < -0.3 is 30.1 Å². The minimum absolute atomic E-state index is 0.0271. The van der Waals surface area contributed by atoms with Crippen molar-refractivity contribution in [3.8, 4) is 5.75 Å². The highest BCUT2D eigenvalue weighted by molar-refractivity contribution is 5.58. The number of ether oxygens (including phenoxy) is 1. The first kappa shape index (κ1) is 24.3. The van der Waals surface area contributed by atoms with Gasteiger partial charge in [-0.1, -0.05) is 25.5 Å². The van der Waals surface area contributed by atoms with Gasteiger partial charge in [0.05, 0.1) is 18.9 Å². The molecule has 6 nitrogen and oxygen atoms in total. The molecule has 2 aromatic rings. The SMILES string of the molecule is CCCCOc1ccc(C(O)N(C)c2ccc(N3CCC(NC(C)CO)C3)c(F)c2)cc1. The van der Waals surface area contributed by atoms with Crippen molar-refractivity contribution >= 4 is 11.4 Å². The minimum Gasteiger partial charge on any atom is -0.494 e. The summed E-state index contributed by atoms with van der Waals surface area (Å²) >= 11 is 0. The molecule has 32 heavy (non-hydrogen) atoms. The number of hydrogen-bond donors (Lipinski definition) is 3. The third kappa shape index (κ3) is 6.12. The van der Waals surface area contributed by atoms with Gasteiger partial charge in [-0.3, -0.25) is 0 Å². The van der Waals surface area contributed by atoms with E-state index in [1.54, 1.807) is 18.0 Å². The summed E-state index contributed by atoms with van der Waals surface area (Å²) < 4.78 is 20.6. The van der Waals surface area contributed by atoms with E-state index in [9.17, 15) is 14.6 Å². The largest absolute Gasteiger partial charge is 0.494 e. The second-order valence-corrected chi connectivity index (χ2v) is 8.57. The molecule has 1 fully saturated rings. The maximum Gasteiger partial charge on any atom is 0.153 e. The third-order valence-electron chi connectivity index (χ3n) is 5.97. The fraction of sp³-hybridized carbons (Fsp3) is 0.520. The Hall–Kier alpha value is -2.35. The van der Waals surface area contributed by atoms with Crippen LogP contribution in [0.1, 0.15) is 44.9 Å². The summed E-state index contributed by atoms with van der Waals surface area (Å²) in [6.45, 7) is 6.28. The molecular weight excluding hydrogens is 409 g/mol. The van der Waals surface area contributed by atoms with Crippen LogP contribution in [0.4, 0.5) is 15.8 Å². The number of nitrogens with one attached hydrogen (secondary N) is 1. The Bertz CT molecular complexity index is 849. The van der Waals surface area contributed by atoms with Gasteiger partial charge in [-0.25, -0.2) is 4.39 Å². The van der Waals surface area contributed by atoms with Gasteiger partial charge >= 0.3 is 0 Å². The van der Waals surface area contributed by atoms with Crippen molar-refractivity contribution in [2.24, 2.45) is 0 Å². The molecule has 0 bridgehead atoms. The van der Waals surface area contributed by atoms with E-state index < -0.39 is 6.23 Å². The van der Waals surface area contributed by atoms with Gasteiger partial charge in [-0.15, -0.1) is 0 Å². The Morgan fingerprint density at radius 2 is 2.00 bits per heavy atom. The monoisotopic (exact) mass is 445 g/mol. The highest BCUT2D eigenvalue weighted by atomic mass is 19.1. The minimum atomic E-state index is -0.898. The van der Waals surface area contributed by atoms with E-state index in [-0.39, 0.29) is 24.5 Å². The summed E-state index contributed by atoms with van der Waals surface area (Å²) in [7, 11) is 1.75. The summed E-state index contributed by atoms with van der Waals surface area (Å²) in [6.07, 6.45) is 2.09. The Kier molecular flexibility index (Phi) is 8.73. The van der Waals surface area contributed by atoms with E-state index in [0.29, 0.717) is 30.1 Å². The highest BCUT2D eigenvalue weighted by Gasteiger charge is 2.26. The molecule has 2 aromatic carbocycles. The third-order valence-corrected chi connectivity index (χ3v) is 5.97. The van der Waals surface area contributed by atoms with E-state index >= 15 is 0 Å². The molecule has 1 aliphatic rings. The van der Waals surface area contributed by atoms with Gasteiger partial charge in [0.1, 0.15) is 11.6 Å². The number of rotatable bonds is 11. The summed E-state index contributed by atoms with van der Waals surface area (Å²) in [5.41, 5.74) is 1.88. The van der Waals surface area contributed by atoms with E-state index in [1.807, 2.05) is 42.2 Å². The van der Waals surface area contributed by atoms with Crippen LogP contribution in [0.2, 0.25) is 0 Å². The number of halogens is 1. The van der Waals surface area contributed by atoms with Crippen molar-refractivity contribution in [1.82, 2.24) is 5.32 Å². The standard InChI is InChI=1S/C25H36FN3O3/c1-4-5-14-32-22-9-6-19(7-10-22)25(31)28(3)21-8-11-24(23(26)15-21)29-13-12-20(16-29)27-18(2)17-30/h6-11,15,18,20,25,27,30-31H,4-5,12-14,16-17H2,1-3H3. The number of aliphatic hydroxyl groups is 2. The van der Waals surface area contributed by atoms with E-state index in [0.717, 1.165) is 31.6 Å². The van der Waals surface area contributed by atoms with Crippen LogP contribution in [0, 0.1) is 5.82 Å². The van der Waals surface area contributed by atoms with Gasteiger partial charge in [0.2, 0.25) is 0 Å². The number of nitrogens with zero attached hydrogens (tertiary/aromatic N) is 2. The van der Waals surface area contributed by atoms with Gasteiger partial charge in [0.15, 0.2) is 6.23 Å². The average molecular weight is 446 g/mol. The van der Waals surface area contributed by atoms with Gasteiger partial charge in [-0.05, 0) is 50.1 Å². The van der Waals surface area contributed by atoms with Crippen LogP contribution in [-0.2, 0) is 0 Å². The van der Waals surface area contributed by atoms with Crippen molar-refractivity contribution in [2.75, 3.05) is 43.2 Å². The molecule has 0 amide bonds. The van der Waals surface area contributed by atoms with Crippen LogP contribution < -0.4 is 19.9 Å². The Morgan fingerprint density at radius 1 is 1.25 bits per heavy atom. The lowest BCUT2D eigenvalue weighted by Gasteiger charge is -2.27. The van der Waals surface area contributed by atoms with Crippen LogP contribution in [0.3, 0.4) is 0 Å². The molecule has 0 aliphatic carbocycles. The molecular formula is C25H36FN3O3. The first-order chi connectivity index (χ1) is 15.4. The molecule has 1 aliphatic heterocycles. The van der Waals surface area contributed by atoms with Crippen molar-refractivity contribution < 1.29 is 19.3 Å². The predicted octanol–water partition coefficient (Wildman–Crippen LogP) is 3.68. The van der Waals surface area contributed by atoms with Gasteiger partial charge in [-0.2, -0.15) is 0 Å². The molecule has 7 heteroatoms. The Morgan fingerprint density at radius 3 is 2.66 bits per heavy atom. The molecule has 3 rings (SSSR count). The Balaban J connectivity index is 1.62. The fourth-order valence-electron chi connectivity index (χ4n) is 3.98. The molecule has 3 unspecified atom stereocenters. The average Bonchev–Trinajstić information content (AvgIpc) is 3.26. The van der Waals surface area contributed by atoms with E-state index in [2.05, 4.69) is 12.2 Å². The summed E-state index contributed by atoms with van der Waals surface area (Å²) in [5, 5.41) is 23.4. The van der Waals surface area contributed by atoms with Crippen LogP contribution in [0.5, 0.6) is 5.75 Å².